The molecule has 0 aliphatic rings. The number of hydrogen-bond donors (Lipinski definition) is 1. The van der Waals surface area contributed by atoms with E-state index in [1.54, 1.807) is 7.11 Å². The second kappa shape index (κ2) is 15.0. The van der Waals surface area contributed by atoms with E-state index in [0.717, 1.165) is 25.6 Å². The van der Waals surface area contributed by atoms with Crippen LogP contribution < -0.4 is 5.32 Å². The Morgan fingerprint density at radius 3 is 2.22 bits per heavy atom. The van der Waals surface area contributed by atoms with Crippen molar-refractivity contribution < 1.29 is 4.74 Å². The normalized spacial score (nSPS) is 12.8. The summed E-state index contributed by atoms with van der Waals surface area (Å²) in [4.78, 5) is 0. The van der Waals surface area contributed by atoms with Crippen LogP contribution in [0.15, 0.2) is 0 Å². The smallest absolute Gasteiger partial charge is 0.0587 e. The molecule has 2 nitrogen and oxygen atoms in total. The van der Waals surface area contributed by atoms with Crippen LogP contribution in [0.4, 0.5) is 0 Å². The third-order valence-corrected chi connectivity index (χ3v) is 3.71. The second-order valence-electron chi connectivity index (χ2n) is 5.38. The van der Waals surface area contributed by atoms with Gasteiger partial charge in [0.15, 0.2) is 0 Å². The SMILES string of the molecule is CCCCCCCCCC(CC)CNCCOC. The van der Waals surface area contributed by atoms with Gasteiger partial charge in [0.05, 0.1) is 6.61 Å². The molecule has 0 radical (unpaired) electrons. The Morgan fingerprint density at radius 1 is 0.944 bits per heavy atom. The zero-order chi connectivity index (χ0) is 13.5. The van der Waals surface area contributed by atoms with Crippen LogP contribution in [-0.2, 0) is 4.74 Å². The topological polar surface area (TPSA) is 21.3 Å². The molecular weight excluding hydrogens is 222 g/mol. The molecule has 0 aromatic heterocycles. The van der Waals surface area contributed by atoms with Crippen molar-refractivity contribution >= 4 is 0 Å². The molecule has 0 aliphatic carbocycles. The average Bonchev–Trinajstić information content (AvgIpc) is 2.40. The van der Waals surface area contributed by atoms with Crippen molar-refractivity contribution in [1.29, 1.82) is 0 Å². The van der Waals surface area contributed by atoms with E-state index in [9.17, 15) is 0 Å². The maximum Gasteiger partial charge on any atom is 0.0587 e. The summed E-state index contributed by atoms with van der Waals surface area (Å²) in [6, 6.07) is 0. The maximum absolute atomic E-state index is 5.04. The summed E-state index contributed by atoms with van der Waals surface area (Å²) in [6.45, 7) is 7.57. The number of nitrogens with one attached hydrogen (secondary N) is 1. The molecule has 1 atom stereocenters. The van der Waals surface area contributed by atoms with Gasteiger partial charge in [0.1, 0.15) is 0 Å². The molecule has 0 aromatic rings. The minimum atomic E-state index is 0.827. The molecule has 0 spiro atoms. The van der Waals surface area contributed by atoms with E-state index in [2.05, 4.69) is 19.2 Å². The lowest BCUT2D eigenvalue weighted by Gasteiger charge is -2.15. The first-order chi connectivity index (χ1) is 8.85. The summed E-state index contributed by atoms with van der Waals surface area (Å²) in [5.74, 6) is 0.859. The monoisotopic (exact) mass is 257 g/mol. The zero-order valence-corrected chi connectivity index (χ0v) is 13.0. The highest BCUT2D eigenvalue weighted by Gasteiger charge is 2.05. The fourth-order valence-electron chi connectivity index (χ4n) is 2.32. The average molecular weight is 257 g/mol. The van der Waals surface area contributed by atoms with Crippen LogP contribution in [0.2, 0.25) is 0 Å². The van der Waals surface area contributed by atoms with Gasteiger partial charge in [-0.05, 0) is 18.9 Å². The molecular formula is C16H35NO. The van der Waals surface area contributed by atoms with Crippen molar-refractivity contribution in [3.05, 3.63) is 0 Å². The van der Waals surface area contributed by atoms with Crippen molar-refractivity contribution in [3.8, 4) is 0 Å². The fraction of sp³-hybridized carbons (Fsp3) is 1.00. The molecule has 2 heteroatoms. The predicted octanol–water partition coefficient (Wildman–Crippen LogP) is 4.39. The summed E-state index contributed by atoms with van der Waals surface area (Å²) in [6.07, 6.45) is 12.6. The van der Waals surface area contributed by atoms with E-state index in [4.69, 9.17) is 4.74 Å². The first-order valence-corrected chi connectivity index (χ1v) is 8.04. The first kappa shape index (κ1) is 17.9. The quantitative estimate of drug-likeness (QED) is 0.466. The number of ether oxygens (including phenoxy) is 1. The predicted molar refractivity (Wildman–Crippen MR) is 81.1 cm³/mol. The van der Waals surface area contributed by atoms with E-state index in [-0.39, 0.29) is 0 Å². The molecule has 0 heterocycles. The lowest BCUT2D eigenvalue weighted by molar-refractivity contribution is 0.197. The van der Waals surface area contributed by atoms with Gasteiger partial charge in [-0.1, -0.05) is 65.2 Å². The Bertz CT molecular complexity index is 150. The van der Waals surface area contributed by atoms with Crippen LogP contribution in [0.5, 0.6) is 0 Å². The van der Waals surface area contributed by atoms with E-state index >= 15 is 0 Å². The first-order valence-electron chi connectivity index (χ1n) is 8.04. The molecule has 0 rings (SSSR count). The Balaban J connectivity index is 3.27. The van der Waals surface area contributed by atoms with E-state index in [1.165, 1.54) is 57.8 Å². The largest absolute Gasteiger partial charge is 0.383 e. The summed E-state index contributed by atoms with van der Waals surface area (Å²) in [7, 11) is 1.76. The van der Waals surface area contributed by atoms with Gasteiger partial charge in [0.2, 0.25) is 0 Å². The third kappa shape index (κ3) is 12.4. The summed E-state index contributed by atoms with van der Waals surface area (Å²) in [5, 5.41) is 3.48. The molecule has 0 saturated carbocycles. The maximum atomic E-state index is 5.04. The minimum Gasteiger partial charge on any atom is -0.383 e. The van der Waals surface area contributed by atoms with E-state index < -0.39 is 0 Å². The fourth-order valence-corrected chi connectivity index (χ4v) is 2.32. The number of rotatable bonds is 14. The van der Waals surface area contributed by atoms with Crippen molar-refractivity contribution in [1.82, 2.24) is 5.32 Å². The molecule has 0 aliphatic heterocycles. The zero-order valence-electron chi connectivity index (χ0n) is 13.0. The Kier molecular flexibility index (Phi) is 14.9. The van der Waals surface area contributed by atoms with Crippen molar-refractivity contribution in [2.24, 2.45) is 5.92 Å². The molecule has 0 aromatic carbocycles. The molecule has 110 valence electrons. The van der Waals surface area contributed by atoms with E-state index in [0.29, 0.717) is 0 Å². The highest BCUT2D eigenvalue weighted by molar-refractivity contribution is 4.61. The molecule has 1 unspecified atom stereocenters. The van der Waals surface area contributed by atoms with Gasteiger partial charge in [0, 0.05) is 13.7 Å². The van der Waals surface area contributed by atoms with Crippen LogP contribution >= 0.6 is 0 Å². The van der Waals surface area contributed by atoms with E-state index in [1.807, 2.05) is 0 Å². The second-order valence-corrected chi connectivity index (χ2v) is 5.38. The van der Waals surface area contributed by atoms with Gasteiger partial charge in [-0.2, -0.15) is 0 Å². The van der Waals surface area contributed by atoms with Gasteiger partial charge in [0.25, 0.3) is 0 Å². The van der Waals surface area contributed by atoms with Gasteiger partial charge in [-0.15, -0.1) is 0 Å². The highest BCUT2D eigenvalue weighted by atomic mass is 16.5. The van der Waals surface area contributed by atoms with Gasteiger partial charge in [-0.25, -0.2) is 0 Å². The van der Waals surface area contributed by atoms with Gasteiger partial charge >= 0.3 is 0 Å². The van der Waals surface area contributed by atoms with Crippen LogP contribution in [0.3, 0.4) is 0 Å². The lowest BCUT2D eigenvalue weighted by atomic mass is 9.97. The minimum absolute atomic E-state index is 0.827. The third-order valence-electron chi connectivity index (χ3n) is 3.71. The number of methoxy groups -OCH3 is 1. The van der Waals surface area contributed by atoms with Crippen LogP contribution in [0, 0.1) is 5.92 Å². The summed E-state index contributed by atoms with van der Waals surface area (Å²) >= 11 is 0. The molecule has 0 amide bonds. The molecule has 0 fully saturated rings. The molecule has 1 N–H and O–H groups in total. The van der Waals surface area contributed by atoms with Crippen LogP contribution in [0.1, 0.15) is 71.6 Å². The Morgan fingerprint density at radius 2 is 1.61 bits per heavy atom. The van der Waals surface area contributed by atoms with Crippen molar-refractivity contribution in [2.75, 3.05) is 26.8 Å². The van der Waals surface area contributed by atoms with Crippen LogP contribution in [-0.4, -0.2) is 26.8 Å². The van der Waals surface area contributed by atoms with Crippen LogP contribution in [0.25, 0.3) is 0 Å². The van der Waals surface area contributed by atoms with Crippen molar-refractivity contribution in [3.63, 3.8) is 0 Å². The van der Waals surface area contributed by atoms with Crippen molar-refractivity contribution in [2.45, 2.75) is 71.6 Å². The molecule has 0 saturated heterocycles. The number of unbranched alkanes of at least 4 members (excludes halogenated alkanes) is 6. The van der Waals surface area contributed by atoms with Gasteiger partial charge in [-0.3, -0.25) is 0 Å². The summed E-state index contributed by atoms with van der Waals surface area (Å²) < 4.78 is 5.04. The molecule has 0 bridgehead atoms. The van der Waals surface area contributed by atoms with Gasteiger partial charge < -0.3 is 10.1 Å². The Labute approximate surface area is 115 Å². The Hall–Kier alpha value is -0.0800. The summed E-state index contributed by atoms with van der Waals surface area (Å²) in [5.41, 5.74) is 0. The molecule has 18 heavy (non-hydrogen) atoms. The highest BCUT2D eigenvalue weighted by Crippen LogP contribution is 2.14. The number of hydrogen-bond acceptors (Lipinski definition) is 2. The standard InChI is InChI=1S/C16H35NO/c1-4-6-7-8-9-10-11-12-16(5-2)15-17-13-14-18-3/h16-17H,4-15H2,1-3H3. The lowest BCUT2D eigenvalue weighted by Crippen LogP contribution is -2.25.